The molecule has 0 aromatic heterocycles. The molecule has 0 bridgehead atoms. The normalized spacial score (nSPS) is 18.6. The van der Waals surface area contributed by atoms with Crippen molar-refractivity contribution in [3.05, 3.63) is 107 Å². The Hall–Kier alpha value is -3.01. The van der Waals surface area contributed by atoms with Crippen LogP contribution in [0.3, 0.4) is 0 Å². The highest BCUT2D eigenvalue weighted by Gasteiger charge is 2.31. The fraction of sp³-hybridized carbons (Fsp3) is 0.208. The van der Waals surface area contributed by atoms with E-state index in [4.69, 9.17) is 4.99 Å². The van der Waals surface area contributed by atoms with Gasteiger partial charge in [-0.3, -0.25) is 4.99 Å². The molecule has 2 nitrogen and oxygen atoms in total. The lowest BCUT2D eigenvalue weighted by Crippen LogP contribution is -2.24. The number of nitrogens with one attached hydrogen (secondary N) is 1. The molecule has 1 aliphatic heterocycles. The first-order valence-electron chi connectivity index (χ1n) is 9.48. The van der Waals surface area contributed by atoms with E-state index in [2.05, 4.69) is 36.5 Å². The summed E-state index contributed by atoms with van der Waals surface area (Å²) in [6, 6.07) is 20.9. The Morgan fingerprint density at radius 1 is 0.821 bits per heavy atom. The van der Waals surface area contributed by atoms with E-state index in [1.54, 1.807) is 12.1 Å². The van der Waals surface area contributed by atoms with E-state index in [-0.39, 0.29) is 23.7 Å². The number of nitrogens with zero attached hydrogens (tertiary/aromatic N) is 1. The number of halogens is 2. The van der Waals surface area contributed by atoms with Crippen molar-refractivity contribution in [3.8, 4) is 0 Å². The quantitative estimate of drug-likeness (QED) is 0.608. The van der Waals surface area contributed by atoms with Crippen LogP contribution in [0.5, 0.6) is 0 Å². The molecule has 0 saturated heterocycles. The Labute approximate surface area is 164 Å². The van der Waals surface area contributed by atoms with Crippen molar-refractivity contribution >= 4 is 5.84 Å². The van der Waals surface area contributed by atoms with Crippen LogP contribution in [0.2, 0.25) is 0 Å². The zero-order valence-electron chi connectivity index (χ0n) is 15.7. The van der Waals surface area contributed by atoms with Crippen molar-refractivity contribution in [1.82, 2.24) is 5.32 Å². The summed E-state index contributed by atoms with van der Waals surface area (Å²) in [4.78, 5) is 4.84. The summed E-state index contributed by atoms with van der Waals surface area (Å²) in [6.07, 6.45) is 1.61. The highest BCUT2D eigenvalue weighted by molar-refractivity contribution is 5.85. The van der Waals surface area contributed by atoms with Gasteiger partial charge in [-0.2, -0.15) is 0 Å². The lowest BCUT2D eigenvalue weighted by molar-refractivity contribution is 0.555. The molecule has 142 valence electrons. The minimum absolute atomic E-state index is 0.217. The number of amidine groups is 1. The van der Waals surface area contributed by atoms with E-state index in [1.165, 1.54) is 35.4 Å². The fourth-order valence-electron chi connectivity index (χ4n) is 3.62. The number of rotatable bonds is 5. The van der Waals surface area contributed by atoms with Crippen LogP contribution in [0.1, 0.15) is 40.8 Å². The van der Waals surface area contributed by atoms with E-state index in [1.807, 2.05) is 12.1 Å². The van der Waals surface area contributed by atoms with E-state index in [0.29, 0.717) is 0 Å². The first kappa shape index (κ1) is 18.4. The molecule has 0 spiro atoms. The molecule has 0 amide bonds. The third-order valence-corrected chi connectivity index (χ3v) is 5.10. The number of hydrogen-bond donors (Lipinski definition) is 1. The molecule has 0 aliphatic carbocycles. The molecule has 1 aliphatic rings. The summed E-state index contributed by atoms with van der Waals surface area (Å²) < 4.78 is 27.6. The standard InChI is InChI=1S/C24H22F2N2/c1-16-8-10-17(11-9-16)12-13-22-27-23(18-4-2-6-20(25)14-18)24(28-22)19-5-3-7-21(26)15-19/h2-11,14-15,23-24H,12-13H2,1H3,(H,27,28). The third kappa shape index (κ3) is 4.11. The van der Waals surface area contributed by atoms with Crippen LogP contribution >= 0.6 is 0 Å². The minimum Gasteiger partial charge on any atom is -0.364 e. The van der Waals surface area contributed by atoms with Gasteiger partial charge in [-0.15, -0.1) is 0 Å². The molecule has 2 atom stereocenters. The van der Waals surface area contributed by atoms with Crippen molar-refractivity contribution in [2.75, 3.05) is 0 Å². The van der Waals surface area contributed by atoms with Crippen molar-refractivity contribution in [1.29, 1.82) is 0 Å². The largest absolute Gasteiger partial charge is 0.364 e. The number of aryl methyl sites for hydroxylation is 2. The van der Waals surface area contributed by atoms with Crippen LogP contribution in [0, 0.1) is 18.6 Å². The average molecular weight is 376 g/mol. The molecular weight excluding hydrogens is 354 g/mol. The maximum atomic E-state index is 13.8. The molecule has 2 unspecified atom stereocenters. The van der Waals surface area contributed by atoms with Crippen LogP contribution in [0.4, 0.5) is 8.78 Å². The SMILES string of the molecule is Cc1ccc(CCC2=NC(c3cccc(F)c3)C(c3cccc(F)c3)N2)cc1. The van der Waals surface area contributed by atoms with Gasteiger partial charge >= 0.3 is 0 Å². The molecule has 0 saturated carbocycles. The first-order chi connectivity index (χ1) is 13.6. The average Bonchev–Trinajstić information content (AvgIpc) is 3.12. The molecule has 0 radical (unpaired) electrons. The first-order valence-corrected chi connectivity index (χ1v) is 9.48. The van der Waals surface area contributed by atoms with Crippen molar-refractivity contribution in [2.45, 2.75) is 31.8 Å². The Morgan fingerprint density at radius 2 is 1.46 bits per heavy atom. The summed E-state index contributed by atoms with van der Waals surface area (Å²) in [6.45, 7) is 2.07. The van der Waals surface area contributed by atoms with Crippen molar-refractivity contribution in [3.63, 3.8) is 0 Å². The van der Waals surface area contributed by atoms with Gasteiger partial charge in [0.1, 0.15) is 17.7 Å². The van der Waals surface area contributed by atoms with Crippen LogP contribution in [-0.2, 0) is 6.42 Å². The Balaban J connectivity index is 1.59. The van der Waals surface area contributed by atoms with Crippen LogP contribution < -0.4 is 5.32 Å². The van der Waals surface area contributed by atoms with E-state index < -0.39 is 0 Å². The van der Waals surface area contributed by atoms with E-state index in [0.717, 1.165) is 29.8 Å². The molecule has 4 heteroatoms. The Morgan fingerprint density at radius 3 is 2.14 bits per heavy atom. The molecule has 28 heavy (non-hydrogen) atoms. The summed E-state index contributed by atoms with van der Waals surface area (Å²) in [5.41, 5.74) is 4.07. The number of aliphatic imine (C=N–C) groups is 1. The van der Waals surface area contributed by atoms with Gasteiger partial charge in [0, 0.05) is 6.42 Å². The van der Waals surface area contributed by atoms with Gasteiger partial charge in [-0.05, 0) is 54.3 Å². The molecule has 3 aromatic rings. The zero-order chi connectivity index (χ0) is 19.5. The Bertz CT molecular complexity index is 995. The second kappa shape index (κ2) is 7.93. The second-order valence-electron chi connectivity index (χ2n) is 7.24. The lowest BCUT2D eigenvalue weighted by atomic mass is 9.95. The van der Waals surface area contributed by atoms with Gasteiger partial charge < -0.3 is 5.32 Å². The number of benzene rings is 3. The second-order valence-corrected chi connectivity index (χ2v) is 7.24. The summed E-state index contributed by atoms with van der Waals surface area (Å²) >= 11 is 0. The van der Waals surface area contributed by atoms with Crippen molar-refractivity contribution in [2.24, 2.45) is 4.99 Å². The van der Waals surface area contributed by atoms with Crippen molar-refractivity contribution < 1.29 is 8.78 Å². The van der Waals surface area contributed by atoms with Crippen LogP contribution in [0.15, 0.2) is 77.8 Å². The highest BCUT2D eigenvalue weighted by Crippen LogP contribution is 2.37. The molecular formula is C24H22F2N2. The molecule has 0 fully saturated rings. The minimum atomic E-state index is -0.293. The maximum absolute atomic E-state index is 13.8. The Kier molecular flexibility index (Phi) is 5.20. The third-order valence-electron chi connectivity index (χ3n) is 5.10. The van der Waals surface area contributed by atoms with E-state index in [9.17, 15) is 8.78 Å². The summed E-state index contributed by atoms with van der Waals surface area (Å²) in [5, 5.41) is 3.45. The molecule has 3 aromatic carbocycles. The topological polar surface area (TPSA) is 24.4 Å². The zero-order valence-corrected chi connectivity index (χ0v) is 15.7. The number of hydrogen-bond acceptors (Lipinski definition) is 2. The van der Waals surface area contributed by atoms with E-state index >= 15 is 0 Å². The monoisotopic (exact) mass is 376 g/mol. The van der Waals surface area contributed by atoms with Crippen LogP contribution in [-0.4, -0.2) is 5.84 Å². The van der Waals surface area contributed by atoms with Gasteiger partial charge in [0.2, 0.25) is 0 Å². The summed E-state index contributed by atoms with van der Waals surface area (Å²) in [5.74, 6) is 0.285. The molecule has 4 rings (SSSR count). The van der Waals surface area contributed by atoms with Crippen LogP contribution in [0.25, 0.3) is 0 Å². The highest BCUT2D eigenvalue weighted by atomic mass is 19.1. The predicted octanol–water partition coefficient (Wildman–Crippen LogP) is 5.69. The van der Waals surface area contributed by atoms with Gasteiger partial charge in [-0.1, -0.05) is 54.1 Å². The van der Waals surface area contributed by atoms with Gasteiger partial charge in [0.15, 0.2) is 0 Å². The smallest absolute Gasteiger partial charge is 0.123 e. The lowest BCUT2D eigenvalue weighted by Gasteiger charge is -2.20. The van der Waals surface area contributed by atoms with Gasteiger partial charge in [0.25, 0.3) is 0 Å². The molecule has 1 heterocycles. The molecule has 1 N–H and O–H groups in total. The van der Waals surface area contributed by atoms with Gasteiger partial charge in [0.05, 0.1) is 11.9 Å². The fourth-order valence-corrected chi connectivity index (χ4v) is 3.62. The maximum Gasteiger partial charge on any atom is 0.123 e. The summed E-state index contributed by atoms with van der Waals surface area (Å²) in [7, 11) is 0. The predicted molar refractivity (Wildman–Crippen MR) is 108 cm³/mol. The van der Waals surface area contributed by atoms with Gasteiger partial charge in [-0.25, -0.2) is 8.78 Å².